The Balaban J connectivity index is 1.47. The van der Waals surface area contributed by atoms with Gasteiger partial charge in [0.15, 0.2) is 18.3 Å². The van der Waals surface area contributed by atoms with Gasteiger partial charge in [-0.05, 0) is 60.7 Å². The molecule has 1 aliphatic rings. The van der Waals surface area contributed by atoms with E-state index in [0.29, 0.717) is 5.75 Å². The van der Waals surface area contributed by atoms with Gasteiger partial charge in [-0.15, -0.1) is 11.8 Å². The van der Waals surface area contributed by atoms with Crippen molar-refractivity contribution in [3.63, 3.8) is 0 Å². The van der Waals surface area contributed by atoms with Gasteiger partial charge in [-0.1, -0.05) is 54.6 Å². The summed E-state index contributed by atoms with van der Waals surface area (Å²) in [5.41, 5.74) is 0.560. The van der Waals surface area contributed by atoms with Crippen molar-refractivity contribution in [2.45, 2.75) is 35.7 Å². The first-order valence-corrected chi connectivity index (χ1v) is 14.8. The number of benzene rings is 4. The Bertz CT molecular complexity index is 1540. The highest BCUT2D eigenvalue weighted by Gasteiger charge is 2.53. The molecule has 0 N–H and O–H groups in total. The standard InChI is InChI=1S/C34H29FO8S/c1-39-25-17-19-26(20-18-25)44-21-27-28(41-32(36)22-11-5-2-6-12-22)29(42-33(37)23-13-7-3-8-14-23)30(31(35)40-27)43-34(38)24-15-9-4-10-16-24/h2-20,27-31H,21H2,1H3/t27-,28-,29+,30-,31-/m1/s1. The summed E-state index contributed by atoms with van der Waals surface area (Å²) in [6.07, 6.45) is -7.93. The highest BCUT2D eigenvalue weighted by molar-refractivity contribution is 7.99. The topological polar surface area (TPSA) is 97.4 Å². The molecule has 8 nitrogen and oxygen atoms in total. The van der Waals surface area contributed by atoms with Gasteiger partial charge >= 0.3 is 17.9 Å². The second-order valence-electron chi connectivity index (χ2n) is 9.72. The number of hydrogen-bond donors (Lipinski definition) is 0. The van der Waals surface area contributed by atoms with Gasteiger partial charge in [0.05, 0.1) is 23.8 Å². The molecule has 0 radical (unpaired) electrons. The highest BCUT2D eigenvalue weighted by Crippen LogP contribution is 2.34. The van der Waals surface area contributed by atoms with E-state index in [1.54, 1.807) is 86.0 Å². The van der Waals surface area contributed by atoms with Crippen molar-refractivity contribution < 1.29 is 42.5 Å². The summed E-state index contributed by atoms with van der Waals surface area (Å²) in [6.45, 7) is 0. The normalized spacial score (nSPS) is 21.1. The Morgan fingerprint density at radius 3 is 1.52 bits per heavy atom. The van der Waals surface area contributed by atoms with Crippen LogP contribution in [-0.4, -0.2) is 61.5 Å². The smallest absolute Gasteiger partial charge is 0.338 e. The van der Waals surface area contributed by atoms with Crippen LogP contribution in [0.25, 0.3) is 0 Å². The van der Waals surface area contributed by atoms with Gasteiger partial charge < -0.3 is 23.7 Å². The summed E-state index contributed by atoms with van der Waals surface area (Å²) < 4.78 is 44.1. The van der Waals surface area contributed by atoms with Crippen molar-refractivity contribution in [1.82, 2.24) is 0 Å². The van der Waals surface area contributed by atoms with Gasteiger partial charge in [0.1, 0.15) is 11.9 Å². The number of carbonyl (C=O) groups is 3. The monoisotopic (exact) mass is 616 g/mol. The van der Waals surface area contributed by atoms with Crippen molar-refractivity contribution in [2.24, 2.45) is 0 Å². The number of thioether (sulfide) groups is 1. The molecule has 1 aliphatic heterocycles. The summed E-state index contributed by atoms with van der Waals surface area (Å²) in [6, 6.07) is 31.4. The maximum absolute atomic E-state index is 15.9. The van der Waals surface area contributed by atoms with E-state index in [0.717, 1.165) is 4.90 Å². The third-order valence-electron chi connectivity index (χ3n) is 6.81. The molecular formula is C34H29FO8S. The van der Waals surface area contributed by atoms with Crippen molar-refractivity contribution in [2.75, 3.05) is 12.9 Å². The first kappa shape index (κ1) is 30.8. The molecule has 1 saturated heterocycles. The molecule has 4 aromatic carbocycles. The summed E-state index contributed by atoms with van der Waals surface area (Å²) in [5, 5.41) is 0. The van der Waals surface area contributed by atoms with Crippen molar-refractivity contribution in [3.05, 3.63) is 132 Å². The predicted octanol–water partition coefficient (Wildman–Crippen LogP) is 6.16. The van der Waals surface area contributed by atoms with Crippen LogP contribution in [0.1, 0.15) is 31.1 Å². The zero-order chi connectivity index (χ0) is 30.9. The average Bonchev–Trinajstić information content (AvgIpc) is 3.07. The molecule has 1 heterocycles. The van der Waals surface area contributed by atoms with Crippen LogP contribution in [0.3, 0.4) is 0 Å². The Labute approximate surface area is 258 Å². The van der Waals surface area contributed by atoms with E-state index in [4.69, 9.17) is 23.7 Å². The van der Waals surface area contributed by atoms with E-state index in [2.05, 4.69) is 0 Å². The van der Waals surface area contributed by atoms with Crippen LogP contribution >= 0.6 is 11.8 Å². The van der Waals surface area contributed by atoms with Crippen LogP contribution in [0.4, 0.5) is 4.39 Å². The summed E-state index contributed by atoms with van der Waals surface area (Å²) in [7, 11) is 1.56. The van der Waals surface area contributed by atoms with E-state index in [1.807, 2.05) is 12.1 Å². The van der Waals surface area contributed by atoms with Crippen molar-refractivity contribution in [1.29, 1.82) is 0 Å². The SMILES string of the molecule is COc1ccc(SC[C@H]2O[C@@H](F)[C@H](OC(=O)c3ccccc3)[C@@H](OC(=O)c3ccccc3)[C@@H]2OC(=O)c2ccccc2)cc1. The molecule has 226 valence electrons. The molecule has 0 aromatic heterocycles. The Hall–Kier alpha value is -4.67. The van der Waals surface area contributed by atoms with E-state index >= 15 is 4.39 Å². The van der Waals surface area contributed by atoms with Crippen LogP contribution in [0, 0.1) is 0 Å². The maximum Gasteiger partial charge on any atom is 0.338 e. The fraction of sp³-hybridized carbons (Fsp3) is 0.206. The molecular weight excluding hydrogens is 587 g/mol. The average molecular weight is 617 g/mol. The molecule has 0 aliphatic carbocycles. The number of carbonyl (C=O) groups excluding carboxylic acids is 3. The molecule has 0 saturated carbocycles. The molecule has 0 bridgehead atoms. The first-order chi connectivity index (χ1) is 21.4. The van der Waals surface area contributed by atoms with E-state index in [9.17, 15) is 14.4 Å². The first-order valence-electron chi connectivity index (χ1n) is 13.8. The molecule has 10 heteroatoms. The van der Waals surface area contributed by atoms with Crippen LogP contribution < -0.4 is 4.74 Å². The van der Waals surface area contributed by atoms with Crippen molar-refractivity contribution in [3.8, 4) is 5.75 Å². The Morgan fingerprint density at radius 1 is 0.636 bits per heavy atom. The summed E-state index contributed by atoms with van der Waals surface area (Å²) in [5.74, 6) is -1.64. The van der Waals surface area contributed by atoms with Crippen LogP contribution in [-0.2, 0) is 18.9 Å². The molecule has 44 heavy (non-hydrogen) atoms. The molecule has 5 atom stereocenters. The Morgan fingerprint density at radius 2 is 1.07 bits per heavy atom. The Kier molecular flexibility index (Phi) is 10.3. The second-order valence-corrected chi connectivity index (χ2v) is 10.8. The summed E-state index contributed by atoms with van der Waals surface area (Å²) in [4.78, 5) is 40.4. The lowest BCUT2D eigenvalue weighted by Gasteiger charge is -2.42. The lowest BCUT2D eigenvalue weighted by Crippen LogP contribution is -2.61. The summed E-state index contributed by atoms with van der Waals surface area (Å²) >= 11 is 1.32. The molecule has 0 unspecified atom stereocenters. The molecule has 0 amide bonds. The zero-order valence-corrected chi connectivity index (χ0v) is 24.4. The van der Waals surface area contributed by atoms with Crippen LogP contribution in [0.2, 0.25) is 0 Å². The van der Waals surface area contributed by atoms with Gasteiger partial charge in [-0.3, -0.25) is 0 Å². The fourth-order valence-electron chi connectivity index (χ4n) is 4.55. The van der Waals surface area contributed by atoms with Gasteiger partial charge in [-0.25, -0.2) is 18.8 Å². The molecule has 5 rings (SSSR count). The van der Waals surface area contributed by atoms with Gasteiger partial charge in [0.2, 0.25) is 6.36 Å². The predicted molar refractivity (Wildman–Crippen MR) is 160 cm³/mol. The van der Waals surface area contributed by atoms with Crippen LogP contribution in [0.5, 0.6) is 5.75 Å². The molecule has 1 fully saturated rings. The van der Waals surface area contributed by atoms with Gasteiger partial charge in [0.25, 0.3) is 0 Å². The minimum absolute atomic E-state index is 0.109. The zero-order valence-electron chi connectivity index (χ0n) is 23.6. The highest BCUT2D eigenvalue weighted by atomic mass is 32.2. The molecule has 0 spiro atoms. The van der Waals surface area contributed by atoms with Gasteiger partial charge in [0, 0.05) is 10.6 Å². The van der Waals surface area contributed by atoms with E-state index in [-0.39, 0.29) is 22.4 Å². The minimum Gasteiger partial charge on any atom is -0.497 e. The second kappa shape index (κ2) is 14.7. The third-order valence-corrected chi connectivity index (χ3v) is 7.91. The van der Waals surface area contributed by atoms with Crippen molar-refractivity contribution >= 4 is 29.7 Å². The van der Waals surface area contributed by atoms with Gasteiger partial charge in [-0.2, -0.15) is 0 Å². The lowest BCUT2D eigenvalue weighted by molar-refractivity contribution is -0.250. The minimum atomic E-state index is -2.20. The maximum atomic E-state index is 15.9. The number of ether oxygens (including phenoxy) is 5. The molecule has 4 aromatic rings. The lowest BCUT2D eigenvalue weighted by atomic mass is 9.98. The van der Waals surface area contributed by atoms with Crippen LogP contribution in [0.15, 0.2) is 120 Å². The number of alkyl halides is 1. The third kappa shape index (κ3) is 7.64. The number of hydrogen-bond acceptors (Lipinski definition) is 9. The quantitative estimate of drug-likeness (QED) is 0.118. The van der Waals surface area contributed by atoms with E-state index < -0.39 is 48.7 Å². The number of esters is 3. The largest absolute Gasteiger partial charge is 0.497 e. The van der Waals surface area contributed by atoms with E-state index in [1.165, 1.54) is 36.0 Å². The fourth-order valence-corrected chi connectivity index (χ4v) is 5.50. The number of methoxy groups -OCH3 is 1. The number of halogens is 1. The number of rotatable bonds is 10.